The van der Waals surface area contributed by atoms with E-state index in [2.05, 4.69) is 36.5 Å². The molecule has 1 saturated heterocycles. The van der Waals surface area contributed by atoms with Crippen molar-refractivity contribution in [2.45, 2.75) is 57.6 Å². The fourth-order valence-corrected chi connectivity index (χ4v) is 2.80. The smallest absolute Gasteiger partial charge is 0.0883 e. The Kier molecular flexibility index (Phi) is 4.41. The van der Waals surface area contributed by atoms with Crippen molar-refractivity contribution in [1.82, 2.24) is 5.32 Å². The maximum atomic E-state index is 10.7. The molecule has 0 aliphatic carbocycles. The van der Waals surface area contributed by atoms with E-state index in [1.165, 1.54) is 24.8 Å². The highest BCUT2D eigenvalue weighted by molar-refractivity contribution is 5.27. The van der Waals surface area contributed by atoms with Crippen LogP contribution in [-0.2, 0) is 12.0 Å². The van der Waals surface area contributed by atoms with E-state index in [1.54, 1.807) is 0 Å². The third-order valence-electron chi connectivity index (χ3n) is 4.04. The molecule has 1 aromatic carbocycles. The summed E-state index contributed by atoms with van der Waals surface area (Å²) in [5, 5.41) is 14.2. The van der Waals surface area contributed by atoms with Crippen LogP contribution in [0.4, 0.5) is 0 Å². The summed E-state index contributed by atoms with van der Waals surface area (Å²) >= 11 is 0. The van der Waals surface area contributed by atoms with Gasteiger partial charge in [-0.25, -0.2) is 0 Å². The highest BCUT2D eigenvalue weighted by atomic mass is 16.3. The normalized spacial score (nSPS) is 23.6. The lowest BCUT2D eigenvalue weighted by molar-refractivity contribution is 0.0332. The Bertz CT molecular complexity index is 363. The molecular formula is C16H25NO. The van der Waals surface area contributed by atoms with Gasteiger partial charge in [-0.1, -0.05) is 37.6 Å². The Labute approximate surface area is 110 Å². The third-order valence-corrected chi connectivity index (χ3v) is 4.04. The average Bonchev–Trinajstić information content (AvgIpc) is 2.39. The van der Waals surface area contributed by atoms with Gasteiger partial charge in [0.05, 0.1) is 5.60 Å². The first-order valence-electron chi connectivity index (χ1n) is 7.17. The molecule has 100 valence electrons. The first-order chi connectivity index (χ1) is 8.62. The largest absolute Gasteiger partial charge is 0.385 e. The van der Waals surface area contributed by atoms with Crippen LogP contribution in [0, 0.1) is 0 Å². The molecule has 1 aliphatic heterocycles. The number of aliphatic hydroxyl groups is 1. The van der Waals surface area contributed by atoms with Crippen molar-refractivity contribution in [3.8, 4) is 0 Å². The minimum Gasteiger partial charge on any atom is -0.385 e. The van der Waals surface area contributed by atoms with Crippen molar-refractivity contribution in [3.63, 3.8) is 0 Å². The molecule has 18 heavy (non-hydrogen) atoms. The fourth-order valence-electron chi connectivity index (χ4n) is 2.80. The zero-order chi connectivity index (χ0) is 13.0. The van der Waals surface area contributed by atoms with E-state index < -0.39 is 5.60 Å². The van der Waals surface area contributed by atoms with Gasteiger partial charge in [0.25, 0.3) is 0 Å². The van der Waals surface area contributed by atoms with Crippen LogP contribution < -0.4 is 5.32 Å². The second-order valence-electron chi connectivity index (χ2n) is 5.68. The highest BCUT2D eigenvalue weighted by Gasteiger charge is 2.28. The second-order valence-corrected chi connectivity index (χ2v) is 5.68. The number of hydrogen-bond acceptors (Lipinski definition) is 2. The Balaban J connectivity index is 2.03. The van der Waals surface area contributed by atoms with Crippen molar-refractivity contribution < 1.29 is 5.11 Å². The van der Waals surface area contributed by atoms with Crippen molar-refractivity contribution >= 4 is 0 Å². The van der Waals surface area contributed by atoms with Crippen LogP contribution in [0.1, 0.15) is 50.7 Å². The van der Waals surface area contributed by atoms with E-state index in [0.717, 1.165) is 24.9 Å². The molecule has 2 nitrogen and oxygen atoms in total. The number of benzene rings is 1. The van der Waals surface area contributed by atoms with E-state index in [-0.39, 0.29) is 0 Å². The molecule has 0 spiro atoms. The molecule has 2 atom stereocenters. The molecule has 1 aliphatic rings. The summed E-state index contributed by atoms with van der Waals surface area (Å²) in [5.74, 6) is 0. The first kappa shape index (κ1) is 13.6. The molecular weight excluding hydrogens is 222 g/mol. The molecule has 0 aromatic heterocycles. The van der Waals surface area contributed by atoms with Gasteiger partial charge >= 0.3 is 0 Å². The van der Waals surface area contributed by atoms with Crippen molar-refractivity contribution in [2.24, 2.45) is 0 Å². The highest BCUT2D eigenvalue weighted by Crippen LogP contribution is 2.28. The summed E-state index contributed by atoms with van der Waals surface area (Å²) in [4.78, 5) is 0. The van der Waals surface area contributed by atoms with Gasteiger partial charge in [-0.15, -0.1) is 0 Å². The average molecular weight is 247 g/mol. The number of aryl methyl sites for hydroxylation is 1. The first-order valence-corrected chi connectivity index (χ1v) is 7.17. The summed E-state index contributed by atoms with van der Waals surface area (Å²) in [6, 6.07) is 8.85. The summed E-state index contributed by atoms with van der Waals surface area (Å²) in [6.07, 6.45) is 5.58. The molecule has 2 unspecified atom stereocenters. The summed E-state index contributed by atoms with van der Waals surface area (Å²) in [6.45, 7) is 5.18. The van der Waals surface area contributed by atoms with Crippen LogP contribution in [0.3, 0.4) is 0 Å². The van der Waals surface area contributed by atoms with Gasteiger partial charge in [-0.3, -0.25) is 0 Å². The lowest BCUT2D eigenvalue weighted by Gasteiger charge is -2.32. The van der Waals surface area contributed by atoms with Gasteiger partial charge in [0.2, 0.25) is 0 Å². The Morgan fingerprint density at radius 2 is 2.00 bits per heavy atom. The zero-order valence-corrected chi connectivity index (χ0v) is 11.6. The van der Waals surface area contributed by atoms with E-state index >= 15 is 0 Å². The van der Waals surface area contributed by atoms with Gasteiger partial charge in [-0.05, 0) is 50.3 Å². The Morgan fingerprint density at radius 3 is 2.56 bits per heavy atom. The lowest BCUT2D eigenvalue weighted by Crippen LogP contribution is -2.39. The van der Waals surface area contributed by atoms with E-state index in [1.807, 2.05) is 6.92 Å². The van der Waals surface area contributed by atoms with E-state index in [4.69, 9.17) is 0 Å². The Morgan fingerprint density at radius 1 is 1.28 bits per heavy atom. The van der Waals surface area contributed by atoms with Crippen LogP contribution in [0.2, 0.25) is 0 Å². The van der Waals surface area contributed by atoms with Crippen molar-refractivity contribution in [1.29, 1.82) is 0 Å². The van der Waals surface area contributed by atoms with Gasteiger partial charge in [-0.2, -0.15) is 0 Å². The van der Waals surface area contributed by atoms with E-state index in [9.17, 15) is 5.11 Å². The maximum absolute atomic E-state index is 10.7. The molecule has 0 saturated carbocycles. The predicted molar refractivity (Wildman–Crippen MR) is 75.6 cm³/mol. The number of hydrogen-bond donors (Lipinski definition) is 2. The molecule has 0 amide bonds. The SMILES string of the molecule is CCc1ccc(C(C)(O)CC2CCCCN2)cc1. The van der Waals surface area contributed by atoms with Crippen LogP contribution in [-0.4, -0.2) is 17.7 Å². The van der Waals surface area contributed by atoms with Gasteiger partial charge in [0, 0.05) is 6.04 Å². The van der Waals surface area contributed by atoms with Crippen LogP contribution in [0.5, 0.6) is 0 Å². The zero-order valence-electron chi connectivity index (χ0n) is 11.6. The fraction of sp³-hybridized carbons (Fsp3) is 0.625. The number of piperidine rings is 1. The molecule has 1 aromatic rings. The summed E-state index contributed by atoms with van der Waals surface area (Å²) < 4.78 is 0. The maximum Gasteiger partial charge on any atom is 0.0883 e. The van der Waals surface area contributed by atoms with E-state index in [0.29, 0.717) is 6.04 Å². The number of rotatable bonds is 4. The quantitative estimate of drug-likeness (QED) is 0.857. The summed E-state index contributed by atoms with van der Waals surface area (Å²) in [7, 11) is 0. The lowest BCUT2D eigenvalue weighted by atomic mass is 9.86. The van der Waals surface area contributed by atoms with Crippen molar-refractivity contribution in [2.75, 3.05) is 6.54 Å². The molecule has 0 radical (unpaired) electrons. The van der Waals surface area contributed by atoms with Crippen LogP contribution in [0.15, 0.2) is 24.3 Å². The third kappa shape index (κ3) is 3.33. The topological polar surface area (TPSA) is 32.3 Å². The molecule has 2 heteroatoms. The van der Waals surface area contributed by atoms with Gasteiger partial charge in [0.15, 0.2) is 0 Å². The Hall–Kier alpha value is -0.860. The van der Waals surface area contributed by atoms with Crippen LogP contribution in [0.25, 0.3) is 0 Å². The monoisotopic (exact) mass is 247 g/mol. The minimum absolute atomic E-state index is 0.458. The van der Waals surface area contributed by atoms with Crippen LogP contribution >= 0.6 is 0 Å². The number of nitrogens with one attached hydrogen (secondary N) is 1. The predicted octanol–water partition coefficient (Wildman–Crippen LogP) is 2.99. The molecule has 1 fully saturated rings. The standard InChI is InChI=1S/C16H25NO/c1-3-13-7-9-14(10-8-13)16(2,18)12-15-6-4-5-11-17-15/h7-10,15,17-18H,3-6,11-12H2,1-2H3. The second kappa shape index (κ2) is 5.85. The van der Waals surface area contributed by atoms with Gasteiger partial charge < -0.3 is 10.4 Å². The molecule has 2 rings (SSSR count). The minimum atomic E-state index is -0.721. The molecule has 1 heterocycles. The molecule has 0 bridgehead atoms. The summed E-state index contributed by atoms with van der Waals surface area (Å²) in [5.41, 5.74) is 1.64. The van der Waals surface area contributed by atoms with Crippen molar-refractivity contribution in [3.05, 3.63) is 35.4 Å². The molecule has 2 N–H and O–H groups in total. The van der Waals surface area contributed by atoms with Gasteiger partial charge in [0.1, 0.15) is 0 Å².